The predicted molar refractivity (Wildman–Crippen MR) is 72.8 cm³/mol. The zero-order valence-corrected chi connectivity index (χ0v) is 12.4. The molecule has 0 aliphatic carbocycles. The summed E-state index contributed by atoms with van der Waals surface area (Å²) < 4.78 is 4.80. The lowest BCUT2D eigenvalue weighted by Crippen LogP contribution is -2.41. The molecule has 1 aromatic rings. The van der Waals surface area contributed by atoms with Gasteiger partial charge in [-0.05, 0) is 27.7 Å². The maximum atomic E-state index is 12.4. The average molecular weight is 298 g/mol. The first kappa shape index (κ1) is 16.6. The molecule has 0 fully saturated rings. The van der Waals surface area contributed by atoms with E-state index in [9.17, 15) is 19.7 Å². The van der Waals surface area contributed by atoms with E-state index in [4.69, 9.17) is 4.74 Å². The van der Waals surface area contributed by atoms with Crippen LogP contribution in [0.4, 0.5) is 5.69 Å². The summed E-state index contributed by atoms with van der Waals surface area (Å²) in [6.07, 6.45) is 0. The van der Waals surface area contributed by atoms with Gasteiger partial charge < -0.3 is 9.64 Å². The van der Waals surface area contributed by atoms with Gasteiger partial charge in [-0.3, -0.25) is 24.8 Å². The van der Waals surface area contributed by atoms with Gasteiger partial charge in [0.05, 0.1) is 11.5 Å². The molecule has 1 N–H and O–H groups in total. The molecule has 116 valence electrons. The molecule has 21 heavy (non-hydrogen) atoms. The number of aromatic nitrogens is 2. The van der Waals surface area contributed by atoms with Crippen LogP contribution < -0.4 is 0 Å². The number of hydrogen-bond acceptors (Lipinski definition) is 6. The zero-order chi connectivity index (χ0) is 16.2. The van der Waals surface area contributed by atoms with Crippen molar-refractivity contribution >= 4 is 17.6 Å². The Labute approximate surface area is 121 Å². The van der Waals surface area contributed by atoms with Gasteiger partial charge in [-0.2, -0.15) is 5.10 Å². The molecule has 9 nitrogen and oxygen atoms in total. The third-order valence-electron chi connectivity index (χ3n) is 2.79. The van der Waals surface area contributed by atoms with Crippen LogP contribution in [0.2, 0.25) is 0 Å². The molecule has 0 atom stereocenters. The van der Waals surface area contributed by atoms with Gasteiger partial charge in [0.2, 0.25) is 5.69 Å². The van der Waals surface area contributed by atoms with Crippen molar-refractivity contribution in [1.82, 2.24) is 15.1 Å². The Bertz CT molecular complexity index is 552. The molecule has 0 saturated heterocycles. The van der Waals surface area contributed by atoms with Gasteiger partial charge >= 0.3 is 11.7 Å². The SMILES string of the molecule is CCOC(=O)CN(C(=O)c1n[nH]c(C)c1[N+](=O)[O-])C(C)C. The summed E-state index contributed by atoms with van der Waals surface area (Å²) in [5.74, 6) is -1.26. The molecule has 1 aromatic heterocycles. The lowest BCUT2D eigenvalue weighted by atomic mass is 10.2. The minimum Gasteiger partial charge on any atom is -0.465 e. The number of amides is 1. The van der Waals surface area contributed by atoms with E-state index in [1.807, 2.05) is 0 Å². The fraction of sp³-hybridized carbons (Fsp3) is 0.583. The first-order valence-corrected chi connectivity index (χ1v) is 6.45. The quantitative estimate of drug-likeness (QED) is 0.476. The topological polar surface area (TPSA) is 118 Å². The van der Waals surface area contributed by atoms with Crippen molar-refractivity contribution in [3.05, 3.63) is 21.5 Å². The smallest absolute Gasteiger partial charge is 0.325 e. The summed E-state index contributed by atoms with van der Waals surface area (Å²) in [4.78, 5) is 35.5. The Balaban J connectivity index is 3.07. The van der Waals surface area contributed by atoms with Gasteiger partial charge in [-0.25, -0.2) is 0 Å². The molecule has 1 rings (SSSR count). The van der Waals surface area contributed by atoms with Gasteiger partial charge in [0.15, 0.2) is 0 Å². The van der Waals surface area contributed by atoms with Gasteiger partial charge in [0, 0.05) is 6.04 Å². The number of nitro groups is 1. The summed E-state index contributed by atoms with van der Waals surface area (Å²) >= 11 is 0. The monoisotopic (exact) mass is 298 g/mol. The Hall–Kier alpha value is -2.45. The summed E-state index contributed by atoms with van der Waals surface area (Å²) in [6, 6.07) is -0.335. The molecule has 1 amide bonds. The summed E-state index contributed by atoms with van der Waals surface area (Å²) in [7, 11) is 0. The highest BCUT2D eigenvalue weighted by Crippen LogP contribution is 2.22. The first-order chi connectivity index (χ1) is 9.79. The molecule has 0 radical (unpaired) electrons. The van der Waals surface area contributed by atoms with Crippen LogP contribution in [-0.4, -0.2) is 51.1 Å². The standard InChI is InChI=1S/C12H18N4O5/c1-5-21-9(17)6-15(7(2)3)12(18)10-11(16(19)20)8(4)13-14-10/h7H,5-6H2,1-4H3,(H,13,14). The van der Waals surface area contributed by atoms with Crippen LogP contribution >= 0.6 is 0 Å². The molecule has 0 aromatic carbocycles. The lowest BCUT2D eigenvalue weighted by molar-refractivity contribution is -0.385. The van der Waals surface area contributed by atoms with Crippen LogP contribution in [-0.2, 0) is 9.53 Å². The zero-order valence-electron chi connectivity index (χ0n) is 12.4. The normalized spacial score (nSPS) is 10.5. The number of nitrogens with zero attached hydrogens (tertiary/aromatic N) is 3. The molecular weight excluding hydrogens is 280 g/mol. The third-order valence-corrected chi connectivity index (χ3v) is 2.79. The molecule has 0 saturated carbocycles. The number of rotatable bonds is 6. The minimum absolute atomic E-state index is 0.184. The molecule has 0 aliphatic heterocycles. The fourth-order valence-corrected chi connectivity index (χ4v) is 1.77. The number of aromatic amines is 1. The second kappa shape index (κ2) is 6.82. The van der Waals surface area contributed by atoms with Gasteiger partial charge in [-0.1, -0.05) is 0 Å². The van der Waals surface area contributed by atoms with Gasteiger partial charge in [0.25, 0.3) is 5.91 Å². The van der Waals surface area contributed by atoms with E-state index in [-0.39, 0.29) is 36.3 Å². The Morgan fingerprint density at radius 2 is 2.10 bits per heavy atom. The van der Waals surface area contributed by atoms with Crippen molar-refractivity contribution < 1.29 is 19.2 Å². The second-order valence-electron chi connectivity index (χ2n) is 4.63. The Kier molecular flexibility index (Phi) is 5.39. The van der Waals surface area contributed by atoms with Crippen molar-refractivity contribution in [2.45, 2.75) is 33.7 Å². The number of aryl methyl sites for hydroxylation is 1. The predicted octanol–water partition coefficient (Wildman–Crippen LogP) is 1.04. The molecular formula is C12H18N4O5. The molecule has 1 heterocycles. The summed E-state index contributed by atoms with van der Waals surface area (Å²) in [6.45, 7) is 6.41. The van der Waals surface area contributed by atoms with Crippen LogP contribution in [0.1, 0.15) is 37.0 Å². The third kappa shape index (κ3) is 3.77. The van der Waals surface area contributed by atoms with E-state index >= 15 is 0 Å². The average Bonchev–Trinajstić information content (AvgIpc) is 2.77. The van der Waals surface area contributed by atoms with Crippen molar-refractivity contribution in [2.24, 2.45) is 0 Å². The van der Waals surface area contributed by atoms with Crippen molar-refractivity contribution in [1.29, 1.82) is 0 Å². The maximum Gasteiger partial charge on any atom is 0.325 e. The van der Waals surface area contributed by atoms with Crippen LogP contribution in [0.3, 0.4) is 0 Å². The fourth-order valence-electron chi connectivity index (χ4n) is 1.77. The van der Waals surface area contributed by atoms with Crippen molar-refractivity contribution in [2.75, 3.05) is 13.2 Å². The maximum absolute atomic E-state index is 12.4. The van der Waals surface area contributed by atoms with Gasteiger partial charge in [-0.15, -0.1) is 0 Å². The summed E-state index contributed by atoms with van der Waals surface area (Å²) in [5, 5.41) is 17.1. The van der Waals surface area contributed by atoms with Crippen LogP contribution in [0.15, 0.2) is 0 Å². The highest BCUT2D eigenvalue weighted by atomic mass is 16.6. The van der Waals surface area contributed by atoms with E-state index in [1.54, 1.807) is 20.8 Å². The molecule has 0 unspecified atom stereocenters. The molecule has 0 aliphatic rings. The van der Waals surface area contributed by atoms with E-state index < -0.39 is 16.8 Å². The number of carbonyl (C=O) groups excluding carboxylic acids is 2. The molecule has 9 heteroatoms. The highest BCUT2D eigenvalue weighted by Gasteiger charge is 2.32. The van der Waals surface area contributed by atoms with Crippen LogP contribution in [0.25, 0.3) is 0 Å². The van der Waals surface area contributed by atoms with E-state index in [0.717, 1.165) is 0 Å². The van der Waals surface area contributed by atoms with Gasteiger partial charge in [0.1, 0.15) is 12.2 Å². The largest absolute Gasteiger partial charge is 0.465 e. The van der Waals surface area contributed by atoms with E-state index in [2.05, 4.69) is 10.2 Å². The molecule has 0 spiro atoms. The van der Waals surface area contributed by atoms with Crippen molar-refractivity contribution in [3.63, 3.8) is 0 Å². The van der Waals surface area contributed by atoms with E-state index in [0.29, 0.717) is 0 Å². The van der Waals surface area contributed by atoms with Crippen LogP contribution in [0.5, 0.6) is 0 Å². The number of H-pyrrole nitrogens is 1. The minimum atomic E-state index is -0.686. The Morgan fingerprint density at radius 1 is 1.48 bits per heavy atom. The first-order valence-electron chi connectivity index (χ1n) is 6.45. The molecule has 0 bridgehead atoms. The Morgan fingerprint density at radius 3 is 2.57 bits per heavy atom. The number of hydrogen-bond donors (Lipinski definition) is 1. The second-order valence-corrected chi connectivity index (χ2v) is 4.63. The highest BCUT2D eigenvalue weighted by molar-refractivity contribution is 5.98. The van der Waals surface area contributed by atoms with E-state index in [1.165, 1.54) is 11.8 Å². The van der Waals surface area contributed by atoms with Crippen LogP contribution in [0, 0.1) is 17.0 Å². The number of ether oxygens (including phenoxy) is 1. The number of carbonyl (C=O) groups is 2. The number of esters is 1. The lowest BCUT2D eigenvalue weighted by Gasteiger charge is -2.24. The van der Waals surface area contributed by atoms with Crippen molar-refractivity contribution in [3.8, 4) is 0 Å². The number of nitrogens with one attached hydrogen (secondary N) is 1. The summed E-state index contributed by atoms with van der Waals surface area (Å²) in [5.41, 5.74) is -0.506.